The Morgan fingerprint density at radius 1 is 1.04 bits per heavy atom. The molecule has 12 heteroatoms. The van der Waals surface area contributed by atoms with Crippen LogP contribution in [0.2, 0.25) is 5.02 Å². The maximum atomic E-state index is 15.0. The first-order chi connectivity index (χ1) is 25.5. The van der Waals surface area contributed by atoms with Gasteiger partial charge in [-0.3, -0.25) is 9.69 Å². The molecule has 2 spiro atoms. The van der Waals surface area contributed by atoms with Crippen molar-refractivity contribution in [2.45, 2.75) is 102 Å². The minimum Gasteiger partial charge on any atom is -0.453 e. The number of ketones is 1. The SMILES string of the molecule is C[C@]12CC[C@H]3[C@]4(C=C[C@@]5(C=C4C(=O)c4ccc(-c6cc(C(F)(F)F)ccc6Cl)o4)CC(O)CC[C@]35C)[C@@H]1CC[C@@]2(O)CN(C[C@H](O)CO)C[C@H]1CCCO1. The van der Waals surface area contributed by atoms with E-state index in [4.69, 9.17) is 20.8 Å². The minimum atomic E-state index is -4.59. The van der Waals surface area contributed by atoms with E-state index >= 15 is 4.79 Å². The van der Waals surface area contributed by atoms with E-state index in [1.54, 1.807) is 0 Å². The zero-order chi connectivity index (χ0) is 38.5. The van der Waals surface area contributed by atoms with Gasteiger partial charge in [0.25, 0.3) is 0 Å². The van der Waals surface area contributed by atoms with E-state index < -0.39 is 52.4 Å². The predicted molar refractivity (Wildman–Crippen MR) is 196 cm³/mol. The first-order valence-electron chi connectivity index (χ1n) is 19.5. The molecule has 2 aromatic rings. The number of hydrogen-bond acceptors (Lipinski definition) is 8. The van der Waals surface area contributed by atoms with Crippen LogP contribution in [-0.4, -0.2) is 87.9 Å². The van der Waals surface area contributed by atoms with Gasteiger partial charge in [-0.15, -0.1) is 0 Å². The Bertz CT molecular complexity index is 1860. The number of aliphatic hydroxyl groups excluding tert-OH is 3. The average Bonchev–Trinajstić information content (AvgIpc) is 3.88. The van der Waals surface area contributed by atoms with Crippen molar-refractivity contribution in [1.29, 1.82) is 0 Å². The molecule has 1 aromatic carbocycles. The monoisotopic (exact) mass is 773 g/mol. The summed E-state index contributed by atoms with van der Waals surface area (Å²) < 4.78 is 53.0. The molecule has 54 heavy (non-hydrogen) atoms. The summed E-state index contributed by atoms with van der Waals surface area (Å²) in [6.45, 7) is 5.71. The molecular formula is C42H51ClF3NO7. The molecule has 8 nitrogen and oxygen atoms in total. The van der Waals surface area contributed by atoms with Gasteiger partial charge in [-0.05, 0) is 105 Å². The molecular weight excluding hydrogens is 723 g/mol. The summed E-state index contributed by atoms with van der Waals surface area (Å²) in [7, 11) is 0. The zero-order valence-electron chi connectivity index (χ0n) is 30.9. The summed E-state index contributed by atoms with van der Waals surface area (Å²) in [5.41, 5.74) is -3.73. The Morgan fingerprint density at radius 2 is 1.78 bits per heavy atom. The highest BCUT2D eigenvalue weighted by Gasteiger charge is 2.74. The molecule has 1 unspecified atom stereocenters. The second kappa shape index (κ2) is 13.3. The summed E-state index contributed by atoms with van der Waals surface area (Å²) >= 11 is 6.37. The number of ether oxygens (including phenoxy) is 1. The van der Waals surface area contributed by atoms with Crippen LogP contribution < -0.4 is 0 Å². The van der Waals surface area contributed by atoms with E-state index in [9.17, 15) is 33.6 Å². The van der Waals surface area contributed by atoms with Gasteiger partial charge in [0.2, 0.25) is 5.78 Å². The Labute approximate surface area is 319 Å². The molecule has 7 aliphatic rings. The van der Waals surface area contributed by atoms with Crippen molar-refractivity contribution < 1.29 is 47.5 Å². The van der Waals surface area contributed by atoms with Crippen molar-refractivity contribution in [3.63, 3.8) is 0 Å². The largest absolute Gasteiger partial charge is 0.453 e. The number of benzene rings is 1. The van der Waals surface area contributed by atoms with Gasteiger partial charge in [-0.1, -0.05) is 43.7 Å². The highest BCUT2D eigenvalue weighted by molar-refractivity contribution is 6.33. The highest BCUT2D eigenvalue weighted by Crippen LogP contribution is 2.78. The molecule has 4 N–H and O–H groups in total. The number of aliphatic hydroxyl groups is 4. The topological polar surface area (TPSA) is 124 Å². The molecule has 0 amide bonds. The lowest BCUT2D eigenvalue weighted by Crippen LogP contribution is -2.67. The summed E-state index contributed by atoms with van der Waals surface area (Å²) in [4.78, 5) is 17.1. The number of hydrogen-bond donors (Lipinski definition) is 4. The summed E-state index contributed by atoms with van der Waals surface area (Å²) in [6, 6.07) is 5.99. The van der Waals surface area contributed by atoms with Crippen molar-refractivity contribution in [3.8, 4) is 11.3 Å². The molecule has 4 fully saturated rings. The Balaban J connectivity index is 1.19. The van der Waals surface area contributed by atoms with Crippen molar-refractivity contribution in [1.82, 2.24) is 4.90 Å². The van der Waals surface area contributed by atoms with Crippen LogP contribution in [0.4, 0.5) is 13.2 Å². The fourth-order valence-corrected chi connectivity index (χ4v) is 12.4. The average molecular weight is 774 g/mol. The second-order valence-corrected chi connectivity index (χ2v) is 18.1. The van der Waals surface area contributed by atoms with Crippen LogP contribution in [0.1, 0.15) is 87.8 Å². The summed E-state index contributed by atoms with van der Waals surface area (Å²) in [5, 5.41) is 44.3. The summed E-state index contributed by atoms with van der Waals surface area (Å²) in [6.07, 6.45) is 6.70. The van der Waals surface area contributed by atoms with Crippen LogP contribution >= 0.6 is 11.6 Å². The fraction of sp³-hybridized carbons (Fsp3) is 0.643. The van der Waals surface area contributed by atoms with Gasteiger partial charge in [0, 0.05) is 53.6 Å². The van der Waals surface area contributed by atoms with E-state index in [-0.39, 0.29) is 64.3 Å². The molecule has 2 bridgehead atoms. The third-order valence-electron chi connectivity index (χ3n) is 15.0. The number of Topliss-reactive ketones (excluding diaryl/α,β-unsaturated/α-hetero) is 1. The van der Waals surface area contributed by atoms with Crippen LogP contribution in [0.15, 0.2) is 58.6 Å². The third kappa shape index (κ3) is 5.73. The number of carbonyl (C=O) groups excluding carboxylic acids is 1. The first-order valence-corrected chi connectivity index (χ1v) is 19.9. The van der Waals surface area contributed by atoms with Gasteiger partial charge in [-0.25, -0.2) is 0 Å². The molecule has 3 saturated carbocycles. The normalized spacial score (nSPS) is 39.0. The molecule has 1 aliphatic heterocycles. The van der Waals surface area contributed by atoms with Crippen LogP contribution in [0.25, 0.3) is 11.3 Å². The number of carbonyl (C=O) groups is 1. The van der Waals surface area contributed by atoms with Gasteiger partial charge in [0.05, 0.1) is 41.1 Å². The van der Waals surface area contributed by atoms with E-state index in [2.05, 4.69) is 32.1 Å². The second-order valence-electron chi connectivity index (χ2n) is 17.7. The van der Waals surface area contributed by atoms with Crippen molar-refractivity contribution in [2.24, 2.45) is 33.5 Å². The molecule has 2 heterocycles. The molecule has 6 aliphatic carbocycles. The van der Waals surface area contributed by atoms with Crippen LogP contribution in [0.3, 0.4) is 0 Å². The van der Waals surface area contributed by atoms with Crippen molar-refractivity contribution in [2.75, 3.05) is 32.8 Å². The van der Waals surface area contributed by atoms with Gasteiger partial charge >= 0.3 is 6.18 Å². The first kappa shape index (κ1) is 38.4. The Kier molecular flexibility index (Phi) is 9.44. The number of nitrogens with zero attached hydrogens (tertiary/aromatic N) is 1. The fourth-order valence-electron chi connectivity index (χ4n) is 12.2. The van der Waals surface area contributed by atoms with Gasteiger partial charge in [0.1, 0.15) is 5.76 Å². The van der Waals surface area contributed by atoms with Gasteiger partial charge in [-0.2, -0.15) is 13.2 Å². The smallest absolute Gasteiger partial charge is 0.416 e. The van der Waals surface area contributed by atoms with Crippen molar-refractivity contribution >= 4 is 17.4 Å². The summed E-state index contributed by atoms with van der Waals surface area (Å²) in [5.74, 6) is -0.433. The van der Waals surface area contributed by atoms with Gasteiger partial charge < -0.3 is 29.6 Å². The molecule has 10 atom stereocenters. The molecule has 294 valence electrons. The lowest BCUT2D eigenvalue weighted by molar-refractivity contribution is -0.177. The molecule has 0 radical (unpaired) electrons. The lowest BCUT2D eigenvalue weighted by atomic mass is 9.32. The number of fused-ring (bicyclic) bond motifs is 1. The molecule has 1 saturated heterocycles. The van der Waals surface area contributed by atoms with Crippen molar-refractivity contribution in [3.05, 3.63) is 70.5 Å². The number of furan rings is 1. The predicted octanol–water partition coefficient (Wildman–Crippen LogP) is 7.23. The zero-order valence-corrected chi connectivity index (χ0v) is 31.6. The minimum absolute atomic E-state index is 0.00507. The van der Waals surface area contributed by atoms with Gasteiger partial charge in [0.15, 0.2) is 5.76 Å². The Hall–Kier alpha value is -2.51. The van der Waals surface area contributed by atoms with E-state index in [1.165, 1.54) is 18.2 Å². The maximum absolute atomic E-state index is 15.0. The number of alkyl halides is 3. The van der Waals surface area contributed by atoms with Crippen LogP contribution in [0.5, 0.6) is 0 Å². The molecule has 1 aromatic heterocycles. The standard InChI is InChI=1S/C42H51ClF3NO7/c1-37-12-9-26(49)19-39(37)15-16-41(30(20-39)36(51)33-8-7-32(54-33)29-18-25(42(44,45)46)5-6-31(29)43)34(37)10-13-38(2)35(41)11-14-40(38,52)24-47(21-27(50)23-48)22-28-4-3-17-53-28/h5-8,15-16,18,20,26-28,34-35,48-50,52H,3-4,9-14,17,19,21-24H2,1-2H3/t26?,27-,28+,34+,35+,37+,38-,39-,40+,41+/m0/s1. The van der Waals surface area contributed by atoms with E-state index in [0.717, 1.165) is 44.2 Å². The van der Waals surface area contributed by atoms with Crippen LogP contribution in [-0.2, 0) is 10.9 Å². The number of halogens is 4. The third-order valence-corrected chi connectivity index (χ3v) is 15.3. The lowest BCUT2D eigenvalue weighted by Gasteiger charge is -2.71. The maximum Gasteiger partial charge on any atom is 0.416 e. The van der Waals surface area contributed by atoms with E-state index in [0.29, 0.717) is 44.4 Å². The number of allylic oxidation sites excluding steroid dienone is 4. The highest BCUT2D eigenvalue weighted by atomic mass is 35.5. The molecule has 9 rings (SSSR count). The Morgan fingerprint density at radius 3 is 2.50 bits per heavy atom. The van der Waals surface area contributed by atoms with E-state index in [1.807, 2.05) is 4.90 Å². The van der Waals surface area contributed by atoms with Crippen LogP contribution in [0, 0.1) is 33.5 Å². The number of rotatable bonds is 10. The quantitative estimate of drug-likeness (QED) is 0.148.